The molecule has 0 aromatic heterocycles. The molecule has 34 heavy (non-hydrogen) atoms. The largest absolute Gasteiger partial charge is 0.497 e. The zero-order valence-corrected chi connectivity index (χ0v) is 19.1. The van der Waals surface area contributed by atoms with Crippen LogP contribution >= 0.6 is 0 Å². The Bertz CT molecular complexity index is 1260. The third-order valence-corrected chi connectivity index (χ3v) is 5.79. The Morgan fingerprint density at radius 2 is 1.65 bits per heavy atom. The summed E-state index contributed by atoms with van der Waals surface area (Å²) >= 11 is 0. The second-order valence-corrected chi connectivity index (χ2v) is 7.71. The molecule has 7 nitrogen and oxygen atoms in total. The molecule has 1 atom stereocenters. The summed E-state index contributed by atoms with van der Waals surface area (Å²) in [5.74, 6) is 2.80. The molecule has 1 unspecified atom stereocenters. The van der Waals surface area contributed by atoms with E-state index in [1.807, 2.05) is 67.6 Å². The van der Waals surface area contributed by atoms with Crippen molar-refractivity contribution in [2.45, 2.75) is 13.0 Å². The molecule has 0 radical (unpaired) electrons. The highest BCUT2D eigenvalue weighted by atomic mass is 16.7. The Morgan fingerprint density at radius 1 is 0.912 bits per heavy atom. The first kappa shape index (κ1) is 21.7. The van der Waals surface area contributed by atoms with Gasteiger partial charge >= 0.3 is 5.97 Å². The predicted octanol–water partition coefficient (Wildman–Crippen LogP) is 4.93. The summed E-state index contributed by atoms with van der Waals surface area (Å²) in [6.07, 6.45) is -0.718. The highest BCUT2D eigenvalue weighted by molar-refractivity contribution is 6.04. The third-order valence-electron chi connectivity index (χ3n) is 5.79. The maximum Gasteiger partial charge on any atom is 0.338 e. The van der Waals surface area contributed by atoms with Gasteiger partial charge in [-0.2, -0.15) is 0 Å². The normalized spacial score (nSPS) is 15.9. The quantitative estimate of drug-likeness (QED) is 0.483. The van der Waals surface area contributed by atoms with Gasteiger partial charge in [-0.3, -0.25) is 0 Å². The number of hydrogen-bond acceptors (Lipinski definition) is 7. The van der Waals surface area contributed by atoms with Crippen molar-refractivity contribution in [2.24, 2.45) is 0 Å². The van der Waals surface area contributed by atoms with Crippen LogP contribution in [0.3, 0.4) is 0 Å². The van der Waals surface area contributed by atoms with Gasteiger partial charge in [0.2, 0.25) is 6.79 Å². The van der Waals surface area contributed by atoms with Gasteiger partial charge in [-0.1, -0.05) is 18.2 Å². The molecule has 2 aliphatic heterocycles. The first-order valence-electron chi connectivity index (χ1n) is 10.9. The Kier molecular flexibility index (Phi) is 5.76. The van der Waals surface area contributed by atoms with Crippen molar-refractivity contribution in [3.05, 3.63) is 82.9 Å². The predicted molar refractivity (Wildman–Crippen MR) is 125 cm³/mol. The van der Waals surface area contributed by atoms with E-state index < -0.39 is 12.1 Å². The van der Waals surface area contributed by atoms with Crippen LogP contribution in [0.1, 0.15) is 29.7 Å². The van der Waals surface area contributed by atoms with Gasteiger partial charge in [0.25, 0.3) is 0 Å². The molecular weight excluding hydrogens is 436 g/mol. The fraction of sp³-hybridized carbons (Fsp3) is 0.222. The lowest BCUT2D eigenvalue weighted by Gasteiger charge is -2.31. The van der Waals surface area contributed by atoms with Crippen LogP contribution in [-0.2, 0) is 9.53 Å². The van der Waals surface area contributed by atoms with Crippen molar-refractivity contribution in [1.29, 1.82) is 0 Å². The Morgan fingerprint density at radius 3 is 2.38 bits per heavy atom. The summed E-state index contributed by atoms with van der Waals surface area (Å²) < 4.78 is 33.7. The minimum absolute atomic E-state index is 0.157. The van der Waals surface area contributed by atoms with Crippen LogP contribution in [0.25, 0.3) is 5.57 Å². The molecule has 0 saturated heterocycles. The van der Waals surface area contributed by atoms with Gasteiger partial charge < -0.3 is 28.4 Å². The van der Waals surface area contributed by atoms with Crippen molar-refractivity contribution in [3.8, 4) is 28.7 Å². The summed E-state index contributed by atoms with van der Waals surface area (Å²) in [5, 5.41) is 0. The number of carbonyl (C=O) groups is 1. The minimum Gasteiger partial charge on any atom is -0.497 e. The second kappa shape index (κ2) is 9.02. The summed E-state index contributed by atoms with van der Waals surface area (Å²) in [4.78, 5) is 13.2. The average molecular weight is 460 g/mol. The van der Waals surface area contributed by atoms with E-state index in [-0.39, 0.29) is 6.79 Å². The van der Waals surface area contributed by atoms with E-state index in [9.17, 15) is 4.79 Å². The number of esters is 1. The van der Waals surface area contributed by atoms with E-state index in [1.54, 1.807) is 7.11 Å². The molecular formula is C27H24O7. The lowest BCUT2D eigenvalue weighted by atomic mass is 9.85. The summed E-state index contributed by atoms with van der Waals surface area (Å²) in [5.41, 5.74) is 3.40. The van der Waals surface area contributed by atoms with E-state index >= 15 is 0 Å². The smallest absolute Gasteiger partial charge is 0.338 e. The molecule has 3 aromatic rings. The van der Waals surface area contributed by atoms with Crippen LogP contribution < -0.4 is 23.7 Å². The SMILES string of the molecule is CCOc1ccc2c(c1)C(c1ccc(OC)cc1)=C(C(=O)OC)C(c1ccc3c(c1)OCO3)O2. The Balaban J connectivity index is 1.74. The van der Waals surface area contributed by atoms with E-state index in [2.05, 4.69) is 0 Å². The van der Waals surface area contributed by atoms with Gasteiger partial charge in [-0.05, 0) is 55.0 Å². The molecule has 0 N–H and O–H groups in total. The highest BCUT2D eigenvalue weighted by Gasteiger charge is 2.36. The maximum atomic E-state index is 13.2. The first-order chi connectivity index (χ1) is 16.6. The van der Waals surface area contributed by atoms with Crippen LogP contribution in [0.2, 0.25) is 0 Å². The first-order valence-corrected chi connectivity index (χ1v) is 10.9. The Hall–Kier alpha value is -4.13. The van der Waals surface area contributed by atoms with Crippen LogP contribution in [0.5, 0.6) is 28.7 Å². The molecule has 2 heterocycles. The molecule has 0 spiro atoms. The van der Waals surface area contributed by atoms with Gasteiger partial charge in [-0.15, -0.1) is 0 Å². The molecule has 0 bridgehead atoms. The van der Waals surface area contributed by atoms with Crippen LogP contribution in [0.4, 0.5) is 0 Å². The van der Waals surface area contributed by atoms with Gasteiger partial charge in [0, 0.05) is 16.7 Å². The van der Waals surface area contributed by atoms with Crippen molar-refractivity contribution in [3.63, 3.8) is 0 Å². The van der Waals surface area contributed by atoms with E-state index in [1.165, 1.54) is 7.11 Å². The summed E-state index contributed by atoms with van der Waals surface area (Å²) in [7, 11) is 2.98. The van der Waals surface area contributed by atoms with Gasteiger partial charge in [0.1, 0.15) is 17.2 Å². The topological polar surface area (TPSA) is 72.5 Å². The van der Waals surface area contributed by atoms with Crippen molar-refractivity contribution in [1.82, 2.24) is 0 Å². The summed E-state index contributed by atoms with van der Waals surface area (Å²) in [6, 6.07) is 18.7. The molecule has 0 amide bonds. The monoisotopic (exact) mass is 460 g/mol. The molecule has 0 saturated carbocycles. The number of fused-ring (bicyclic) bond motifs is 2. The minimum atomic E-state index is -0.718. The lowest BCUT2D eigenvalue weighted by Crippen LogP contribution is -2.24. The van der Waals surface area contributed by atoms with E-state index in [0.717, 1.165) is 16.7 Å². The highest BCUT2D eigenvalue weighted by Crippen LogP contribution is 2.48. The van der Waals surface area contributed by atoms with Gasteiger partial charge in [-0.25, -0.2) is 4.79 Å². The number of rotatable bonds is 6. The maximum absolute atomic E-state index is 13.2. The molecule has 174 valence electrons. The van der Waals surface area contributed by atoms with E-state index in [4.69, 9.17) is 28.4 Å². The number of benzene rings is 3. The number of carbonyl (C=O) groups excluding carboxylic acids is 1. The number of ether oxygens (including phenoxy) is 6. The number of hydrogen-bond donors (Lipinski definition) is 0. The average Bonchev–Trinajstić information content (AvgIpc) is 3.35. The molecule has 0 aliphatic carbocycles. The van der Waals surface area contributed by atoms with Crippen LogP contribution in [-0.4, -0.2) is 33.6 Å². The summed E-state index contributed by atoms with van der Waals surface area (Å²) in [6.45, 7) is 2.60. The molecule has 7 heteroatoms. The molecule has 3 aromatic carbocycles. The van der Waals surface area contributed by atoms with Gasteiger partial charge in [0.05, 0.1) is 26.4 Å². The van der Waals surface area contributed by atoms with Crippen molar-refractivity contribution in [2.75, 3.05) is 27.6 Å². The zero-order valence-electron chi connectivity index (χ0n) is 19.1. The van der Waals surface area contributed by atoms with Gasteiger partial charge in [0.15, 0.2) is 17.6 Å². The zero-order chi connectivity index (χ0) is 23.7. The van der Waals surface area contributed by atoms with Crippen molar-refractivity contribution >= 4 is 11.5 Å². The standard InChI is InChI=1S/C27H24O7/c1-4-31-19-10-12-21-20(14-19)24(16-5-8-18(29-2)9-6-16)25(27(28)30-3)26(34-21)17-7-11-22-23(13-17)33-15-32-22/h5-14,26H,4,15H2,1-3H3. The Labute approximate surface area is 197 Å². The second-order valence-electron chi connectivity index (χ2n) is 7.71. The number of methoxy groups -OCH3 is 2. The molecule has 2 aliphatic rings. The fourth-order valence-electron chi connectivity index (χ4n) is 4.22. The van der Waals surface area contributed by atoms with E-state index in [0.29, 0.717) is 46.5 Å². The third kappa shape index (κ3) is 3.79. The fourth-order valence-corrected chi connectivity index (χ4v) is 4.22. The van der Waals surface area contributed by atoms with Crippen LogP contribution in [0, 0.1) is 0 Å². The van der Waals surface area contributed by atoms with Crippen molar-refractivity contribution < 1.29 is 33.2 Å². The lowest BCUT2D eigenvalue weighted by molar-refractivity contribution is -0.137. The molecule has 0 fully saturated rings. The van der Waals surface area contributed by atoms with Crippen LogP contribution in [0.15, 0.2) is 66.2 Å². The molecule has 5 rings (SSSR count).